The Hall–Kier alpha value is -3.21. The normalized spacial score (nSPS) is 15.9. The number of rotatable bonds is 4. The van der Waals surface area contributed by atoms with Crippen LogP contribution in [-0.4, -0.2) is 30.5 Å². The van der Waals surface area contributed by atoms with Gasteiger partial charge in [-0.15, -0.1) is 0 Å². The average Bonchev–Trinajstić information content (AvgIpc) is 2.78. The van der Waals surface area contributed by atoms with E-state index in [1.54, 1.807) is 20.3 Å². The lowest BCUT2D eigenvalue weighted by Gasteiger charge is -2.25. The largest absolute Gasteiger partial charge is 0.493 e. The lowest BCUT2D eigenvalue weighted by atomic mass is 9.84. The van der Waals surface area contributed by atoms with E-state index in [2.05, 4.69) is 56.5 Å². The summed E-state index contributed by atoms with van der Waals surface area (Å²) < 4.78 is 41.2. The van der Waals surface area contributed by atoms with Gasteiger partial charge in [-0.3, -0.25) is 0 Å². The Labute approximate surface area is 194 Å². The van der Waals surface area contributed by atoms with Crippen LogP contribution < -0.4 is 9.47 Å². The number of hydrogen-bond acceptors (Lipinski definition) is 2. The number of fused-ring (bicyclic) bond motifs is 1. The van der Waals surface area contributed by atoms with Crippen molar-refractivity contribution in [3.63, 3.8) is 0 Å². The average molecular weight is 451 g/mol. The van der Waals surface area contributed by atoms with Crippen molar-refractivity contribution in [1.82, 2.24) is 0 Å². The van der Waals surface area contributed by atoms with Crippen molar-refractivity contribution in [3.05, 3.63) is 88.5 Å². The number of methoxy groups -OCH3 is 2. The molecule has 0 aromatic heterocycles. The van der Waals surface area contributed by atoms with E-state index in [0.29, 0.717) is 17.2 Å². The molecule has 0 radical (unpaired) electrons. The summed E-state index contributed by atoms with van der Waals surface area (Å²) in [5, 5.41) is 0. The molecule has 5 heteroatoms. The van der Waals surface area contributed by atoms with E-state index < -0.39 is 11.6 Å². The van der Waals surface area contributed by atoms with Crippen molar-refractivity contribution in [2.24, 2.45) is 0 Å². The zero-order chi connectivity index (χ0) is 23.9. The summed E-state index contributed by atoms with van der Waals surface area (Å²) in [6.07, 6.45) is 0.720. The maximum atomic E-state index is 14.2. The second-order valence-corrected chi connectivity index (χ2v) is 9.56. The first-order chi connectivity index (χ1) is 15.6. The summed E-state index contributed by atoms with van der Waals surface area (Å²) in [4.78, 5) is 0. The maximum absolute atomic E-state index is 14.2. The van der Waals surface area contributed by atoms with Crippen molar-refractivity contribution in [2.45, 2.75) is 45.6 Å². The Morgan fingerprint density at radius 3 is 2.06 bits per heavy atom. The van der Waals surface area contributed by atoms with Crippen LogP contribution in [0, 0.1) is 11.6 Å². The van der Waals surface area contributed by atoms with E-state index in [1.165, 1.54) is 17.7 Å². The van der Waals surface area contributed by atoms with Crippen LogP contribution in [0.3, 0.4) is 0 Å². The highest BCUT2D eigenvalue weighted by atomic mass is 19.2. The van der Waals surface area contributed by atoms with Gasteiger partial charge in [-0.25, -0.2) is 8.78 Å². The smallest absolute Gasteiger partial charge is 0.220 e. The van der Waals surface area contributed by atoms with Crippen LogP contribution in [0.15, 0.2) is 54.6 Å². The van der Waals surface area contributed by atoms with E-state index in [0.717, 1.165) is 28.8 Å². The van der Waals surface area contributed by atoms with Crippen LogP contribution in [0.5, 0.6) is 11.5 Å². The van der Waals surface area contributed by atoms with Crippen LogP contribution >= 0.6 is 0 Å². The molecule has 1 heterocycles. The van der Waals surface area contributed by atoms with Gasteiger partial charge >= 0.3 is 0 Å². The Bertz CT molecular complexity index is 1220. The van der Waals surface area contributed by atoms with Gasteiger partial charge in [0.05, 0.1) is 19.8 Å². The molecule has 1 aliphatic heterocycles. The van der Waals surface area contributed by atoms with E-state index in [1.807, 2.05) is 12.1 Å². The molecule has 0 spiro atoms. The van der Waals surface area contributed by atoms with Gasteiger partial charge in [0, 0.05) is 24.1 Å². The highest BCUT2D eigenvalue weighted by Crippen LogP contribution is 2.37. The standard InChI is InChI=1S/C28H30F2NO2/c1-17-13-19-14-25(32-5)26(33-6)16-22(19)27(18-7-9-20(10-8-18)28(2,3)4)31(17)21-11-12-23(29)24(30)15-21/h7-12,14-17H,13H2,1-6H3/q+1. The minimum Gasteiger partial charge on any atom is -0.493 e. The molecule has 0 aliphatic carbocycles. The summed E-state index contributed by atoms with van der Waals surface area (Å²) in [7, 11) is 3.24. The molecule has 0 amide bonds. The Kier molecular flexibility index (Phi) is 6.00. The first-order valence-electron chi connectivity index (χ1n) is 11.1. The fourth-order valence-corrected chi connectivity index (χ4v) is 4.51. The van der Waals surface area contributed by atoms with Gasteiger partial charge in [0.25, 0.3) is 0 Å². The molecule has 3 aromatic rings. The zero-order valence-electron chi connectivity index (χ0n) is 20.0. The van der Waals surface area contributed by atoms with E-state index >= 15 is 0 Å². The minimum atomic E-state index is -0.861. The van der Waals surface area contributed by atoms with Crippen LogP contribution in [0.25, 0.3) is 0 Å². The molecule has 3 nitrogen and oxygen atoms in total. The summed E-state index contributed by atoms with van der Waals surface area (Å²) in [6.45, 7) is 8.62. The molecule has 0 fully saturated rings. The molecular formula is C28H30F2NO2+. The summed E-state index contributed by atoms with van der Waals surface area (Å²) in [6, 6.07) is 16.5. The highest BCUT2D eigenvalue weighted by molar-refractivity contribution is 6.12. The van der Waals surface area contributed by atoms with Crippen LogP contribution in [-0.2, 0) is 11.8 Å². The molecule has 0 N–H and O–H groups in total. The SMILES string of the molecule is COc1cc2c(cc1OC)C(c1ccc(C(C)(C)C)cc1)=[N+](c1ccc(F)c(F)c1)C(C)C2. The Morgan fingerprint density at radius 1 is 0.848 bits per heavy atom. The first-order valence-corrected chi connectivity index (χ1v) is 11.1. The van der Waals surface area contributed by atoms with E-state index in [-0.39, 0.29) is 11.5 Å². The van der Waals surface area contributed by atoms with E-state index in [4.69, 9.17) is 9.47 Å². The second kappa shape index (κ2) is 8.62. The monoisotopic (exact) mass is 450 g/mol. The van der Waals surface area contributed by atoms with Gasteiger partial charge in [-0.05, 0) is 53.8 Å². The first kappa shape index (κ1) is 23.0. The van der Waals surface area contributed by atoms with E-state index in [9.17, 15) is 8.78 Å². The van der Waals surface area contributed by atoms with Crippen molar-refractivity contribution < 1.29 is 22.8 Å². The third kappa shape index (κ3) is 4.24. The Morgan fingerprint density at radius 2 is 1.48 bits per heavy atom. The van der Waals surface area contributed by atoms with Gasteiger partial charge in [-0.1, -0.05) is 32.9 Å². The maximum Gasteiger partial charge on any atom is 0.220 e. The molecule has 3 aromatic carbocycles. The fraction of sp³-hybridized carbons (Fsp3) is 0.321. The van der Waals surface area contributed by atoms with Crippen molar-refractivity contribution in [2.75, 3.05) is 14.2 Å². The predicted octanol–water partition coefficient (Wildman–Crippen LogP) is 6.41. The van der Waals surface area contributed by atoms with Gasteiger partial charge in [0.2, 0.25) is 11.4 Å². The predicted molar refractivity (Wildman–Crippen MR) is 127 cm³/mol. The van der Waals surface area contributed by atoms with Crippen molar-refractivity contribution >= 4 is 11.4 Å². The van der Waals surface area contributed by atoms with Gasteiger partial charge in [0.15, 0.2) is 29.2 Å². The third-order valence-corrected chi connectivity index (χ3v) is 6.27. The summed E-state index contributed by atoms with van der Waals surface area (Å²) in [5.74, 6) is -0.418. The minimum absolute atomic E-state index is 0.0118. The molecule has 1 atom stereocenters. The molecular weight excluding hydrogens is 420 g/mol. The Balaban J connectivity index is 2.02. The van der Waals surface area contributed by atoms with Crippen LogP contribution in [0.4, 0.5) is 14.5 Å². The number of benzene rings is 3. The second-order valence-electron chi connectivity index (χ2n) is 9.56. The van der Waals surface area contributed by atoms with Gasteiger partial charge < -0.3 is 9.47 Å². The molecule has 0 saturated heterocycles. The number of nitrogens with zero attached hydrogens (tertiary/aromatic N) is 1. The third-order valence-electron chi connectivity index (χ3n) is 6.27. The molecule has 0 saturated carbocycles. The molecule has 33 heavy (non-hydrogen) atoms. The lowest BCUT2D eigenvalue weighted by Crippen LogP contribution is -2.34. The topological polar surface area (TPSA) is 21.5 Å². The van der Waals surface area contributed by atoms with Gasteiger partial charge in [-0.2, -0.15) is 4.58 Å². The van der Waals surface area contributed by atoms with Crippen molar-refractivity contribution in [3.8, 4) is 11.5 Å². The number of halogens is 2. The zero-order valence-corrected chi connectivity index (χ0v) is 20.0. The molecule has 0 bridgehead atoms. The molecule has 4 rings (SSSR count). The number of hydrogen-bond donors (Lipinski definition) is 0. The van der Waals surface area contributed by atoms with Crippen LogP contribution in [0.2, 0.25) is 0 Å². The molecule has 1 unspecified atom stereocenters. The highest BCUT2D eigenvalue weighted by Gasteiger charge is 2.35. The fourth-order valence-electron chi connectivity index (χ4n) is 4.51. The molecule has 172 valence electrons. The summed E-state index contributed by atoms with van der Waals surface area (Å²) in [5.41, 5.74) is 5.88. The molecule has 1 aliphatic rings. The number of ether oxygens (including phenoxy) is 2. The van der Waals surface area contributed by atoms with Gasteiger partial charge in [0.1, 0.15) is 0 Å². The quantitative estimate of drug-likeness (QED) is 0.429. The van der Waals surface area contributed by atoms with Crippen LogP contribution in [0.1, 0.15) is 49.9 Å². The lowest BCUT2D eigenvalue weighted by molar-refractivity contribution is -0.481. The van der Waals surface area contributed by atoms with Crippen molar-refractivity contribution in [1.29, 1.82) is 0 Å². The summed E-state index contributed by atoms with van der Waals surface area (Å²) >= 11 is 0.